The first-order valence-corrected chi connectivity index (χ1v) is 2.58. The van der Waals surface area contributed by atoms with Gasteiger partial charge in [-0.15, -0.1) is 4.37 Å². The molecule has 0 aromatic carbocycles. The van der Waals surface area contributed by atoms with Crippen molar-refractivity contribution in [3.8, 4) is 5.88 Å². The molecule has 5 heteroatoms. The molecule has 0 amide bonds. The normalized spacial score (nSPS) is 9.29. The van der Waals surface area contributed by atoms with E-state index in [0.717, 1.165) is 11.7 Å². The molecule has 1 heterocycles. The molecular weight excluding hydrogens is 136 g/mol. The zero-order chi connectivity index (χ0) is 5.28. The van der Waals surface area contributed by atoms with E-state index < -0.39 is 0 Å². The van der Waals surface area contributed by atoms with Crippen LogP contribution in [0.3, 0.4) is 0 Å². The molecule has 0 atom stereocenters. The van der Waals surface area contributed by atoms with E-state index in [2.05, 4.69) is 8.75 Å². The molecule has 0 aliphatic heterocycles. The fourth-order valence-electron chi connectivity index (χ4n) is 0.173. The second-order valence-electron chi connectivity index (χ2n) is 0.879. The first kappa shape index (κ1) is 4.80. The predicted molar refractivity (Wildman–Crippen MR) is 26.6 cm³/mol. The quantitative estimate of drug-likeness (QED) is 0.577. The lowest BCUT2D eigenvalue weighted by atomic mass is 10.9. The molecule has 1 aromatic rings. The van der Waals surface area contributed by atoms with E-state index >= 15 is 0 Å². The molecule has 1 rings (SSSR count). The maximum Gasteiger partial charge on any atom is 0.262 e. The van der Waals surface area contributed by atoms with Crippen molar-refractivity contribution in [2.24, 2.45) is 0 Å². The number of hydrogen-bond acceptors (Lipinski definition) is 4. The largest absolute Gasteiger partial charge is 0.490 e. The van der Waals surface area contributed by atoms with Crippen LogP contribution < -0.4 is 0 Å². The summed E-state index contributed by atoms with van der Waals surface area (Å²) in [6.07, 6.45) is 0. The third-order valence-corrected chi connectivity index (χ3v) is 1.31. The average Bonchev–Trinajstić information content (AvgIpc) is 1.91. The number of aromatic nitrogens is 2. The summed E-state index contributed by atoms with van der Waals surface area (Å²) in [5.74, 6) is -0.188. The Morgan fingerprint density at radius 1 is 1.57 bits per heavy atom. The topological polar surface area (TPSA) is 46.0 Å². The summed E-state index contributed by atoms with van der Waals surface area (Å²) < 4.78 is 6.83. The summed E-state index contributed by atoms with van der Waals surface area (Å²) in [4.78, 5) is 0. The molecular formula is C2HClN2OS. The van der Waals surface area contributed by atoms with Crippen LogP contribution in [0.4, 0.5) is 0 Å². The zero-order valence-electron chi connectivity index (χ0n) is 3.13. The molecule has 0 unspecified atom stereocenters. The third kappa shape index (κ3) is 0.808. The first-order chi connectivity index (χ1) is 3.30. The minimum Gasteiger partial charge on any atom is -0.490 e. The van der Waals surface area contributed by atoms with E-state index in [4.69, 9.17) is 16.7 Å². The van der Waals surface area contributed by atoms with Gasteiger partial charge in [0.2, 0.25) is 5.15 Å². The Labute approximate surface area is 48.9 Å². The van der Waals surface area contributed by atoms with Crippen molar-refractivity contribution in [1.29, 1.82) is 0 Å². The Morgan fingerprint density at radius 2 is 2.29 bits per heavy atom. The fraction of sp³-hybridized carbons (Fsp3) is 0. The van der Waals surface area contributed by atoms with Crippen molar-refractivity contribution in [1.82, 2.24) is 8.75 Å². The van der Waals surface area contributed by atoms with Crippen LogP contribution >= 0.6 is 23.3 Å². The standard InChI is InChI=1S/C2HClN2OS/c3-1-2(6)5-7-4-1/h(H,5,6). The summed E-state index contributed by atoms with van der Waals surface area (Å²) in [5, 5.41) is 8.54. The van der Waals surface area contributed by atoms with Gasteiger partial charge in [-0.2, -0.15) is 4.37 Å². The van der Waals surface area contributed by atoms with E-state index in [-0.39, 0.29) is 11.0 Å². The lowest BCUT2D eigenvalue weighted by Gasteiger charge is -1.72. The molecule has 0 aliphatic rings. The summed E-state index contributed by atoms with van der Waals surface area (Å²) in [6, 6.07) is 0. The van der Waals surface area contributed by atoms with E-state index in [1.54, 1.807) is 0 Å². The van der Waals surface area contributed by atoms with Gasteiger partial charge in [-0.1, -0.05) is 11.6 Å². The monoisotopic (exact) mass is 136 g/mol. The third-order valence-electron chi connectivity index (χ3n) is 0.433. The highest BCUT2D eigenvalue weighted by molar-refractivity contribution is 6.99. The number of hydrogen-bond donors (Lipinski definition) is 1. The van der Waals surface area contributed by atoms with Gasteiger partial charge in [-0.25, -0.2) is 0 Å². The lowest BCUT2D eigenvalue weighted by Crippen LogP contribution is -1.57. The second-order valence-corrected chi connectivity index (χ2v) is 1.77. The van der Waals surface area contributed by atoms with E-state index in [9.17, 15) is 0 Å². The van der Waals surface area contributed by atoms with Crippen molar-refractivity contribution in [2.75, 3.05) is 0 Å². The van der Waals surface area contributed by atoms with Gasteiger partial charge >= 0.3 is 0 Å². The summed E-state index contributed by atoms with van der Waals surface area (Å²) in [6.45, 7) is 0. The fourth-order valence-corrected chi connectivity index (χ4v) is 0.716. The van der Waals surface area contributed by atoms with Crippen molar-refractivity contribution < 1.29 is 5.11 Å². The first-order valence-electron chi connectivity index (χ1n) is 1.47. The highest BCUT2D eigenvalue weighted by Crippen LogP contribution is 2.17. The van der Waals surface area contributed by atoms with Crippen LogP contribution in [0.1, 0.15) is 0 Å². The maximum atomic E-state index is 8.46. The maximum absolute atomic E-state index is 8.46. The van der Waals surface area contributed by atoms with Gasteiger partial charge in [-0.05, 0) is 0 Å². The number of halogens is 1. The molecule has 0 bridgehead atoms. The molecule has 0 spiro atoms. The van der Waals surface area contributed by atoms with Crippen molar-refractivity contribution >= 4 is 23.3 Å². The number of aromatic hydroxyl groups is 1. The molecule has 7 heavy (non-hydrogen) atoms. The van der Waals surface area contributed by atoms with Crippen LogP contribution in [-0.2, 0) is 0 Å². The van der Waals surface area contributed by atoms with Crippen molar-refractivity contribution in [3.05, 3.63) is 5.15 Å². The van der Waals surface area contributed by atoms with Crippen LogP contribution in [0.15, 0.2) is 0 Å². The van der Waals surface area contributed by atoms with E-state index in [0.29, 0.717) is 0 Å². The summed E-state index contributed by atoms with van der Waals surface area (Å²) in [5.41, 5.74) is 0. The van der Waals surface area contributed by atoms with Gasteiger partial charge in [-0.3, -0.25) is 0 Å². The number of rotatable bonds is 0. The lowest BCUT2D eigenvalue weighted by molar-refractivity contribution is 0.459. The van der Waals surface area contributed by atoms with Crippen molar-refractivity contribution in [3.63, 3.8) is 0 Å². The van der Waals surface area contributed by atoms with E-state index in [1.807, 2.05) is 0 Å². The molecule has 1 aromatic heterocycles. The molecule has 0 fully saturated rings. The molecule has 0 radical (unpaired) electrons. The van der Waals surface area contributed by atoms with Gasteiger partial charge in [0, 0.05) is 0 Å². The van der Waals surface area contributed by atoms with Gasteiger partial charge < -0.3 is 5.11 Å². The molecule has 0 aliphatic carbocycles. The van der Waals surface area contributed by atoms with Gasteiger partial charge in [0.05, 0.1) is 11.7 Å². The SMILES string of the molecule is Oc1nsnc1Cl. The molecule has 0 saturated carbocycles. The van der Waals surface area contributed by atoms with Crippen LogP contribution in [0.2, 0.25) is 5.15 Å². The zero-order valence-corrected chi connectivity index (χ0v) is 4.70. The van der Waals surface area contributed by atoms with Crippen LogP contribution in [-0.4, -0.2) is 13.9 Å². The van der Waals surface area contributed by atoms with Crippen LogP contribution in [0.5, 0.6) is 5.88 Å². The Morgan fingerprint density at radius 3 is 2.43 bits per heavy atom. The smallest absolute Gasteiger partial charge is 0.262 e. The molecule has 1 N–H and O–H groups in total. The highest BCUT2D eigenvalue weighted by atomic mass is 35.5. The minimum absolute atomic E-state index is 0.0741. The van der Waals surface area contributed by atoms with Gasteiger partial charge in [0.1, 0.15) is 0 Å². The van der Waals surface area contributed by atoms with Crippen molar-refractivity contribution in [2.45, 2.75) is 0 Å². The summed E-state index contributed by atoms with van der Waals surface area (Å²) >= 11 is 6.10. The van der Waals surface area contributed by atoms with E-state index in [1.165, 1.54) is 0 Å². The Balaban J connectivity index is 3.12. The van der Waals surface area contributed by atoms with Gasteiger partial charge in [0.25, 0.3) is 5.88 Å². The summed E-state index contributed by atoms with van der Waals surface area (Å²) in [7, 11) is 0. The van der Waals surface area contributed by atoms with Gasteiger partial charge in [0.15, 0.2) is 0 Å². The second kappa shape index (κ2) is 1.63. The number of nitrogens with zero attached hydrogens (tertiary/aromatic N) is 2. The van der Waals surface area contributed by atoms with Crippen LogP contribution in [0, 0.1) is 0 Å². The molecule has 0 saturated heterocycles. The Kier molecular flexibility index (Phi) is 1.12. The minimum atomic E-state index is -0.188. The Hall–Kier alpha value is -0.350. The average molecular weight is 137 g/mol. The molecule has 3 nitrogen and oxygen atoms in total. The molecule has 38 valence electrons. The van der Waals surface area contributed by atoms with Crippen LogP contribution in [0.25, 0.3) is 0 Å². The Bertz CT molecular complexity index is 148. The predicted octanol–water partition coefficient (Wildman–Crippen LogP) is 0.897. The highest BCUT2D eigenvalue weighted by Gasteiger charge is 1.97.